The molecule has 0 spiro atoms. The summed E-state index contributed by atoms with van der Waals surface area (Å²) in [6, 6.07) is 6.36. The first kappa shape index (κ1) is 19.9. The van der Waals surface area contributed by atoms with Crippen molar-refractivity contribution in [2.24, 2.45) is 0 Å². The van der Waals surface area contributed by atoms with Crippen molar-refractivity contribution in [1.29, 1.82) is 0 Å². The van der Waals surface area contributed by atoms with Crippen LogP contribution in [0.15, 0.2) is 40.8 Å². The molecule has 1 fully saturated rings. The van der Waals surface area contributed by atoms with E-state index < -0.39 is 10.1 Å². The molecule has 0 N–H and O–H groups in total. The van der Waals surface area contributed by atoms with Crippen LogP contribution >= 0.6 is 34.4 Å². The van der Waals surface area contributed by atoms with E-state index >= 15 is 0 Å². The van der Waals surface area contributed by atoms with Gasteiger partial charge in [-0.15, -0.1) is 23.1 Å². The molecule has 1 aliphatic rings. The molecule has 0 radical (unpaired) electrons. The van der Waals surface area contributed by atoms with E-state index in [1.54, 1.807) is 22.7 Å². The quantitative estimate of drug-likeness (QED) is 0.420. The number of allylic oxidation sites excluding steroid dienone is 2. The third kappa shape index (κ3) is 4.28. The molecule has 4 rings (SSSR count). The largest absolute Gasteiger partial charge is 0.748 e. The summed E-state index contributed by atoms with van der Waals surface area (Å²) in [4.78, 5) is 2.24. The van der Waals surface area contributed by atoms with Gasteiger partial charge >= 0.3 is 0 Å². The molecule has 0 atom stereocenters. The Morgan fingerprint density at radius 2 is 2.11 bits per heavy atom. The van der Waals surface area contributed by atoms with E-state index in [9.17, 15) is 13.0 Å². The van der Waals surface area contributed by atoms with Gasteiger partial charge in [0.25, 0.3) is 5.01 Å². The maximum Gasteiger partial charge on any atom is 0.262 e. The molecular weight excluding hydrogens is 432 g/mol. The Kier molecular flexibility index (Phi) is 5.80. The first-order valence-electron chi connectivity index (χ1n) is 8.91. The molecular formula is C19H20N2O3S4. The van der Waals surface area contributed by atoms with Crippen LogP contribution in [0.3, 0.4) is 0 Å². The molecule has 1 aromatic carbocycles. The Hall–Kier alpha value is -1.39. The van der Waals surface area contributed by atoms with E-state index in [2.05, 4.69) is 58.3 Å². The van der Waals surface area contributed by atoms with Crippen LogP contribution in [0, 0.1) is 0 Å². The summed E-state index contributed by atoms with van der Waals surface area (Å²) in [6.45, 7) is 1.56. The molecule has 1 saturated heterocycles. The van der Waals surface area contributed by atoms with Gasteiger partial charge in [-0.3, -0.25) is 0 Å². The van der Waals surface area contributed by atoms with Gasteiger partial charge in [0.2, 0.25) is 5.52 Å². The lowest BCUT2D eigenvalue weighted by Crippen LogP contribution is -2.36. The summed E-state index contributed by atoms with van der Waals surface area (Å²) >= 11 is 5.23. The molecule has 0 saturated carbocycles. The third-order valence-corrected chi connectivity index (χ3v) is 8.54. The topological polar surface area (TPSA) is 64.3 Å². The molecule has 28 heavy (non-hydrogen) atoms. The van der Waals surface area contributed by atoms with Crippen LogP contribution in [0.1, 0.15) is 11.4 Å². The Morgan fingerprint density at radius 1 is 1.29 bits per heavy atom. The van der Waals surface area contributed by atoms with Crippen LogP contribution in [-0.4, -0.2) is 43.0 Å². The molecule has 3 aromatic rings. The number of fused-ring (bicyclic) bond motifs is 3. The normalized spacial score (nSPS) is 17.1. The van der Waals surface area contributed by atoms with Crippen molar-refractivity contribution in [2.45, 2.75) is 13.0 Å². The Labute approximate surface area is 176 Å². The number of rotatable bonds is 6. The number of hydrogen-bond acceptors (Lipinski definition) is 7. The molecule has 0 aliphatic carbocycles. The van der Waals surface area contributed by atoms with Gasteiger partial charge in [-0.2, -0.15) is 4.57 Å². The minimum absolute atomic E-state index is 0.309. The van der Waals surface area contributed by atoms with Crippen molar-refractivity contribution < 1.29 is 17.5 Å². The zero-order valence-corrected chi connectivity index (χ0v) is 18.6. The highest BCUT2D eigenvalue weighted by molar-refractivity contribution is 8.03. The molecule has 3 heterocycles. The van der Waals surface area contributed by atoms with E-state index in [0.717, 1.165) is 27.5 Å². The highest BCUT2D eigenvalue weighted by Gasteiger charge is 2.22. The average molecular weight is 453 g/mol. The fraction of sp³-hybridized carbons (Fsp3) is 0.316. The molecule has 148 valence electrons. The molecule has 9 heteroatoms. The van der Waals surface area contributed by atoms with Crippen LogP contribution in [0.4, 0.5) is 0 Å². The van der Waals surface area contributed by atoms with Gasteiger partial charge in [0.05, 0.1) is 20.5 Å². The van der Waals surface area contributed by atoms with Gasteiger partial charge in [0.15, 0.2) is 6.54 Å². The summed E-state index contributed by atoms with van der Waals surface area (Å²) in [5.74, 6) is 0.768. The summed E-state index contributed by atoms with van der Waals surface area (Å²) in [7, 11) is -2.11. The fourth-order valence-electron chi connectivity index (χ4n) is 3.29. The smallest absolute Gasteiger partial charge is 0.262 e. The lowest BCUT2D eigenvalue weighted by Gasteiger charge is -2.09. The van der Waals surface area contributed by atoms with E-state index in [-0.39, 0.29) is 5.75 Å². The molecule has 0 unspecified atom stereocenters. The Morgan fingerprint density at radius 3 is 2.86 bits per heavy atom. The van der Waals surface area contributed by atoms with Crippen LogP contribution in [0.2, 0.25) is 0 Å². The summed E-state index contributed by atoms with van der Waals surface area (Å²) in [5, 5.41) is 5.55. The number of hydrogen-bond donors (Lipinski definition) is 0. The van der Waals surface area contributed by atoms with Crippen molar-refractivity contribution in [3.05, 3.63) is 45.8 Å². The van der Waals surface area contributed by atoms with Crippen molar-refractivity contribution in [3.8, 4) is 0 Å². The van der Waals surface area contributed by atoms with E-state index in [1.807, 2.05) is 11.8 Å². The second-order valence-corrected chi connectivity index (χ2v) is 11.2. The zero-order chi connectivity index (χ0) is 19.7. The van der Waals surface area contributed by atoms with E-state index in [0.29, 0.717) is 13.0 Å². The standard InChI is InChI=1S/C19H20N2O3S4/c1-20-10-12-26-17(20)4-2-5-18-21(9-3-13-28(22,23)24)19-14-8-11-25-15(14)6-7-16(19)27-18/h2,4-8,11H,3,9-10,12-13H2,1H3. The summed E-state index contributed by atoms with van der Waals surface area (Å²) in [6.07, 6.45) is 6.56. The highest BCUT2D eigenvalue weighted by atomic mass is 32.2. The first-order valence-corrected chi connectivity index (χ1v) is 13.2. The van der Waals surface area contributed by atoms with Gasteiger partial charge < -0.3 is 9.45 Å². The predicted octanol–water partition coefficient (Wildman–Crippen LogP) is 3.87. The molecule has 2 aromatic heterocycles. The maximum absolute atomic E-state index is 11.0. The van der Waals surface area contributed by atoms with Crippen LogP contribution in [-0.2, 0) is 16.7 Å². The summed E-state index contributed by atoms with van der Waals surface area (Å²) < 4.78 is 37.6. The van der Waals surface area contributed by atoms with Crippen molar-refractivity contribution in [2.75, 3.05) is 25.1 Å². The average Bonchev–Trinajstić information content (AvgIpc) is 3.33. The van der Waals surface area contributed by atoms with Crippen molar-refractivity contribution >= 4 is 70.9 Å². The SMILES string of the molecule is CN1CCS/C1=C\C=C\c1sc2ccc3sccc3c2[n+]1CCCS(=O)(=O)[O-]. The molecule has 0 bridgehead atoms. The van der Waals surface area contributed by atoms with Gasteiger partial charge in [-0.25, -0.2) is 8.42 Å². The van der Waals surface area contributed by atoms with Gasteiger partial charge in [-0.05, 0) is 29.7 Å². The number of benzene rings is 1. The van der Waals surface area contributed by atoms with Crippen LogP contribution < -0.4 is 4.57 Å². The lowest BCUT2D eigenvalue weighted by molar-refractivity contribution is -0.667. The molecule has 0 amide bonds. The number of aromatic nitrogens is 1. The Bertz CT molecular complexity index is 1170. The van der Waals surface area contributed by atoms with Gasteiger partial charge in [0.1, 0.15) is 4.70 Å². The number of thiazole rings is 1. The number of thioether (sulfide) groups is 1. The van der Waals surface area contributed by atoms with Crippen LogP contribution in [0.5, 0.6) is 0 Å². The van der Waals surface area contributed by atoms with Crippen LogP contribution in [0.25, 0.3) is 26.4 Å². The monoisotopic (exact) mass is 452 g/mol. The second-order valence-electron chi connectivity index (χ2n) is 6.59. The fourth-order valence-corrected chi connectivity index (χ4v) is 6.74. The predicted molar refractivity (Wildman–Crippen MR) is 119 cm³/mol. The number of nitrogens with zero attached hydrogens (tertiary/aromatic N) is 2. The number of aryl methyl sites for hydroxylation is 1. The maximum atomic E-state index is 11.0. The Balaban J connectivity index is 1.72. The lowest BCUT2D eigenvalue weighted by atomic mass is 10.2. The highest BCUT2D eigenvalue weighted by Crippen LogP contribution is 2.32. The van der Waals surface area contributed by atoms with Gasteiger partial charge in [-0.1, -0.05) is 17.4 Å². The van der Waals surface area contributed by atoms with E-state index in [1.165, 1.54) is 15.1 Å². The first-order chi connectivity index (χ1) is 13.4. The van der Waals surface area contributed by atoms with Crippen molar-refractivity contribution in [1.82, 2.24) is 4.90 Å². The minimum Gasteiger partial charge on any atom is -0.748 e. The minimum atomic E-state index is -4.20. The van der Waals surface area contributed by atoms with Crippen molar-refractivity contribution in [3.63, 3.8) is 0 Å². The summed E-state index contributed by atoms with van der Waals surface area (Å²) in [5.41, 5.74) is 1.12. The zero-order valence-electron chi connectivity index (χ0n) is 15.3. The van der Waals surface area contributed by atoms with E-state index in [4.69, 9.17) is 0 Å². The number of thiophene rings is 1. The molecule has 5 nitrogen and oxygen atoms in total. The molecule has 1 aliphatic heterocycles. The van der Waals surface area contributed by atoms with Gasteiger partial charge in [0, 0.05) is 42.3 Å². The second kappa shape index (κ2) is 8.16. The third-order valence-electron chi connectivity index (χ3n) is 4.63.